The van der Waals surface area contributed by atoms with E-state index in [9.17, 15) is 15.0 Å². The summed E-state index contributed by atoms with van der Waals surface area (Å²) in [5, 5.41) is 22.5. The Balaban J connectivity index is 0. The molecule has 2 aromatic heterocycles. The number of hydrogen-bond donors (Lipinski definition) is 5. The fraction of sp³-hybridized carbons (Fsp3) is 0.511. The van der Waals surface area contributed by atoms with Crippen LogP contribution in [0.5, 0.6) is 11.5 Å². The molecule has 69 heavy (non-hydrogen) atoms. The Bertz CT molecular complexity index is 2310. The molecule has 5 rings (SSSR count). The molecule has 1 radical (unpaired) electrons. The smallest absolute Gasteiger partial charge is 1.00 e. The summed E-state index contributed by atoms with van der Waals surface area (Å²) in [6.07, 6.45) is 7.90. The van der Waals surface area contributed by atoms with Gasteiger partial charge < -0.3 is 105 Å². The number of allylic oxidation sites excluding steroid dienone is 4. The van der Waals surface area contributed by atoms with Crippen LogP contribution >= 0.6 is 0 Å². The summed E-state index contributed by atoms with van der Waals surface area (Å²) in [6, 6.07) is 7.29. The van der Waals surface area contributed by atoms with E-state index in [0.29, 0.717) is 99.8 Å². The van der Waals surface area contributed by atoms with Crippen molar-refractivity contribution in [2.24, 2.45) is 11.5 Å². The summed E-state index contributed by atoms with van der Waals surface area (Å²) in [5.41, 5.74) is 23.3. The number of amides is 1. The topological polar surface area (TPSA) is 233 Å². The van der Waals surface area contributed by atoms with Crippen molar-refractivity contribution < 1.29 is 149 Å². The molecule has 6 bridgehead atoms. The zero-order valence-corrected chi connectivity index (χ0v) is 47.3. The molecule has 387 valence electrons. The number of nitrogens with zero attached hydrogens (tertiary/aromatic N) is 5. The Morgan fingerprint density at radius 2 is 1.19 bits per heavy atom. The summed E-state index contributed by atoms with van der Waals surface area (Å²) in [7, 11) is 1.62. The number of aliphatic hydroxyl groups is 2. The number of carbonyl (C=O) groups excluding carboxylic acids is 1. The minimum absolute atomic E-state index is 0. The van der Waals surface area contributed by atoms with Crippen LogP contribution in [-0.2, 0) is 52.9 Å². The Labute approximate surface area is 477 Å². The summed E-state index contributed by atoms with van der Waals surface area (Å²) < 4.78 is 28.6. The molecule has 1 aromatic carbocycles. The van der Waals surface area contributed by atoms with E-state index in [1.807, 2.05) is 19.9 Å². The number of hydrogen-bond acceptors (Lipinski definition) is 14. The molecule has 0 fully saturated rings. The van der Waals surface area contributed by atoms with Crippen molar-refractivity contribution >= 4 is 50.3 Å². The second-order valence-electron chi connectivity index (χ2n) is 15.3. The molecule has 0 aliphatic carbocycles. The van der Waals surface area contributed by atoms with Gasteiger partial charge in [0.25, 0.3) is 5.91 Å². The molecular weight excluding hydrogens is 1300 g/mol. The van der Waals surface area contributed by atoms with Gasteiger partial charge in [0, 0.05) is 51.6 Å². The van der Waals surface area contributed by atoms with Crippen LogP contribution in [0.25, 0.3) is 44.4 Å². The molecule has 1 atom stereocenters. The average molecular weight is 1360 g/mol. The van der Waals surface area contributed by atoms with Crippen LogP contribution in [0, 0.1) is 39.9 Å². The number of rotatable bonds is 25. The van der Waals surface area contributed by atoms with Crippen molar-refractivity contribution in [1.82, 2.24) is 30.2 Å². The SMILES string of the molecule is CCc1c(CC)c2cc3nc(cnc4cc(OCC(=O)NCCC(N)CN)c(OCCOCCOCCOC)cc4ncc4nc(cc1[n-]2)C(CCCO)=C4C)C(C)=C3CCCO.[Cl-].[Cl-].[Cl-].[Cl-].[Gd+3].[Pt+2]. The van der Waals surface area contributed by atoms with E-state index in [4.69, 9.17) is 60.1 Å². The maximum Gasteiger partial charge on any atom is 3.00 e. The van der Waals surface area contributed by atoms with Crippen LogP contribution < -0.4 is 80.9 Å². The minimum Gasteiger partial charge on any atom is -1.00 e. The van der Waals surface area contributed by atoms with E-state index in [-0.39, 0.29) is 161 Å². The quantitative estimate of drug-likeness (QED) is 0.0497. The number of methoxy groups -OCH3 is 1. The third-order valence-corrected chi connectivity index (χ3v) is 10.9. The van der Waals surface area contributed by atoms with E-state index in [1.165, 1.54) is 0 Å². The van der Waals surface area contributed by atoms with Gasteiger partial charge in [-0.05, 0) is 81.1 Å². The summed E-state index contributed by atoms with van der Waals surface area (Å²) in [4.78, 5) is 38.2. The van der Waals surface area contributed by atoms with Crippen molar-refractivity contribution in [2.75, 3.05) is 79.7 Å². The third-order valence-electron chi connectivity index (χ3n) is 10.9. The second kappa shape index (κ2) is 36.9. The van der Waals surface area contributed by atoms with Gasteiger partial charge in [0.1, 0.15) is 6.61 Å². The molecule has 2 aliphatic rings. The van der Waals surface area contributed by atoms with Gasteiger partial charge in [0.05, 0.1) is 79.2 Å². The van der Waals surface area contributed by atoms with Gasteiger partial charge >= 0.3 is 61.0 Å². The standard InChI is InChI=1S/C47H66N8O8.4ClH.Gd.Pt/c1-6-33-34(7-2)38-23-40-36(11-9-15-57)31(4)44(55-40)28-52-42-25-46(63-29-47(58)50-13-12-32(49)26-48)45(62-21-20-61-19-18-60-17-16-59-5)24-41(42)51-27-43-30(3)35(10-8-14-56)39(54-43)22-37(33)53-38;;;;;;/h22-25,27-28,32,56-57H,6-21,26,29,48-49H2,1-5H3,(H2,50,51,52,53,54,55,58);4*1H;;/q;;;;;+3;+2/p-5. The van der Waals surface area contributed by atoms with Gasteiger partial charge in [-0.3, -0.25) is 14.8 Å². The summed E-state index contributed by atoms with van der Waals surface area (Å²) >= 11 is 0. The molecule has 22 heteroatoms. The van der Waals surface area contributed by atoms with Gasteiger partial charge in [0.2, 0.25) is 0 Å². The molecule has 4 heterocycles. The van der Waals surface area contributed by atoms with Crippen molar-refractivity contribution in [3.05, 3.63) is 70.6 Å². The predicted molar refractivity (Wildman–Crippen MR) is 246 cm³/mol. The molecule has 0 spiro atoms. The molecule has 1 unspecified atom stereocenters. The van der Waals surface area contributed by atoms with Crippen molar-refractivity contribution in [2.45, 2.75) is 78.7 Å². The van der Waals surface area contributed by atoms with Gasteiger partial charge in [-0.15, -0.1) is 11.0 Å². The first-order valence-electron chi connectivity index (χ1n) is 22.0. The van der Waals surface area contributed by atoms with Gasteiger partial charge in [-0.2, -0.15) is 0 Å². The van der Waals surface area contributed by atoms with Crippen LogP contribution in [0.15, 0.2) is 36.7 Å². The van der Waals surface area contributed by atoms with E-state index in [1.54, 1.807) is 31.6 Å². The van der Waals surface area contributed by atoms with Crippen molar-refractivity contribution in [3.8, 4) is 11.5 Å². The van der Waals surface area contributed by atoms with Crippen LogP contribution in [0.2, 0.25) is 0 Å². The monoisotopic (exact) mass is 1360 g/mol. The van der Waals surface area contributed by atoms with Gasteiger partial charge in [-0.25, -0.2) is 9.97 Å². The fourth-order valence-corrected chi connectivity index (χ4v) is 7.37. The molecule has 0 saturated carbocycles. The Kier molecular flexibility index (Phi) is 37.0. The molecule has 1 amide bonds. The van der Waals surface area contributed by atoms with Crippen LogP contribution in [-0.4, -0.2) is 122 Å². The average Bonchev–Trinajstić information content (AvgIpc) is 3.89. The normalized spacial score (nSPS) is 12.0. The first-order chi connectivity index (χ1) is 30.6. The number of carbonyl (C=O) groups is 1. The minimum atomic E-state index is -0.340. The number of fused-ring (bicyclic) bond motifs is 7. The molecule has 2 aliphatic heterocycles. The third kappa shape index (κ3) is 20.2. The van der Waals surface area contributed by atoms with Crippen LogP contribution in [0.4, 0.5) is 0 Å². The largest absolute Gasteiger partial charge is 3.00 e. The van der Waals surface area contributed by atoms with Crippen molar-refractivity contribution in [1.29, 1.82) is 0 Å². The number of benzene rings is 1. The van der Waals surface area contributed by atoms with Crippen molar-refractivity contribution in [3.63, 3.8) is 0 Å². The molecule has 3 aromatic rings. The Hall–Kier alpha value is -1.90. The Morgan fingerprint density at radius 3 is 1.64 bits per heavy atom. The van der Waals surface area contributed by atoms with Crippen LogP contribution in [0.1, 0.15) is 93.7 Å². The zero-order valence-electron chi connectivity index (χ0n) is 39.7. The number of aliphatic hydroxyl groups excluding tert-OH is 2. The maximum absolute atomic E-state index is 12.9. The summed E-state index contributed by atoms with van der Waals surface area (Å²) in [5.74, 6) is 0.265. The zero-order chi connectivity index (χ0) is 45.1. The number of nitrogens with one attached hydrogen (secondary N) is 1. The van der Waals surface area contributed by atoms with E-state index >= 15 is 0 Å². The maximum atomic E-state index is 12.9. The number of nitrogens with two attached hydrogens (primary N) is 2. The van der Waals surface area contributed by atoms with E-state index in [0.717, 1.165) is 68.7 Å². The van der Waals surface area contributed by atoms with E-state index < -0.39 is 0 Å². The Morgan fingerprint density at radius 1 is 0.725 bits per heavy atom. The molecule has 7 N–H and O–H groups in total. The van der Waals surface area contributed by atoms with Crippen LogP contribution in [0.3, 0.4) is 0 Å². The summed E-state index contributed by atoms with van der Waals surface area (Å²) in [6.45, 7) is 11.0. The fourth-order valence-electron chi connectivity index (χ4n) is 7.37. The van der Waals surface area contributed by atoms with Gasteiger partial charge in [0.15, 0.2) is 18.1 Å². The number of aromatic nitrogens is 5. The first-order valence-corrected chi connectivity index (χ1v) is 22.0. The van der Waals surface area contributed by atoms with E-state index in [2.05, 4.69) is 25.2 Å². The molecule has 0 saturated heterocycles. The number of halogens is 4. The molecular formula is C47H65Cl4GdN8O8Pt. The first kappa shape index (κ1) is 69.2. The predicted octanol–water partition coefficient (Wildman–Crippen LogP) is -7.26. The second-order valence-corrected chi connectivity index (χ2v) is 15.3. The van der Waals surface area contributed by atoms with Gasteiger partial charge in [-0.1, -0.05) is 37.1 Å². The number of aryl methyl sites for hydroxylation is 2. The number of ether oxygens (including phenoxy) is 5. The molecule has 16 nitrogen and oxygen atoms in total.